The van der Waals surface area contributed by atoms with E-state index in [0.717, 1.165) is 6.07 Å². The van der Waals surface area contributed by atoms with Crippen LogP contribution in [0.4, 0.5) is 14.9 Å². The molecule has 0 aliphatic carbocycles. The van der Waals surface area contributed by atoms with Crippen molar-refractivity contribution in [2.75, 3.05) is 26.0 Å². The van der Waals surface area contributed by atoms with Gasteiger partial charge in [0.25, 0.3) is 0 Å². The van der Waals surface area contributed by atoms with E-state index in [-0.39, 0.29) is 40.4 Å². The number of benzene rings is 1. The summed E-state index contributed by atoms with van der Waals surface area (Å²) < 4.78 is 19.7. The number of nitrogens with zero attached hydrogens (tertiary/aromatic N) is 2. The van der Waals surface area contributed by atoms with E-state index in [9.17, 15) is 14.0 Å². The van der Waals surface area contributed by atoms with Crippen LogP contribution in [0.25, 0.3) is 0 Å². The lowest BCUT2D eigenvalue weighted by Gasteiger charge is -2.26. The number of anilines is 1. The summed E-state index contributed by atoms with van der Waals surface area (Å²) >= 11 is 12.1. The van der Waals surface area contributed by atoms with Gasteiger partial charge in [0.2, 0.25) is 5.91 Å². The molecule has 1 heterocycles. The van der Waals surface area contributed by atoms with Gasteiger partial charge < -0.3 is 19.9 Å². The molecule has 0 unspecified atom stereocenters. The number of likely N-dealkylation sites (N-methyl/N-ethyl adjacent to an activating group) is 1. The molecule has 1 aliphatic heterocycles. The van der Waals surface area contributed by atoms with Gasteiger partial charge in [0.1, 0.15) is 17.6 Å². The summed E-state index contributed by atoms with van der Waals surface area (Å²) in [7, 11) is 3.21. The predicted molar refractivity (Wildman–Crippen MR) is 99.6 cm³/mol. The number of halogens is 3. The van der Waals surface area contributed by atoms with Crippen LogP contribution in [0, 0.1) is 5.82 Å². The molecule has 0 spiro atoms. The summed E-state index contributed by atoms with van der Waals surface area (Å²) in [5.74, 6) is -0.670. The van der Waals surface area contributed by atoms with Crippen LogP contribution in [-0.2, 0) is 4.79 Å². The summed E-state index contributed by atoms with van der Waals surface area (Å²) in [6.45, 7) is 3.81. The summed E-state index contributed by atoms with van der Waals surface area (Å²) in [6.07, 6.45) is 0.177. The highest BCUT2D eigenvalue weighted by molar-refractivity contribution is 6.32. The fourth-order valence-corrected chi connectivity index (χ4v) is 3.21. The standard InChI is InChI=1S/C17H22Cl2FN3O3/c1-9(2)26-15-7-13(12(20)6-11(15)19)21-17(25)23-8-10(18)5-14(23)16(24)22(3)4/h6-7,9-10,14H,5,8H2,1-4H3,(H,21,25)/t10-,14+/m0/s1. The van der Waals surface area contributed by atoms with Crippen molar-refractivity contribution in [1.29, 1.82) is 0 Å². The van der Waals surface area contributed by atoms with E-state index < -0.39 is 17.9 Å². The van der Waals surface area contributed by atoms with E-state index in [0.29, 0.717) is 6.42 Å². The van der Waals surface area contributed by atoms with Crippen molar-refractivity contribution in [1.82, 2.24) is 9.80 Å². The number of likely N-dealkylation sites (tertiary alicyclic amines) is 1. The van der Waals surface area contributed by atoms with Gasteiger partial charge in [-0.25, -0.2) is 9.18 Å². The van der Waals surface area contributed by atoms with Crippen LogP contribution in [-0.4, -0.2) is 59.9 Å². The van der Waals surface area contributed by atoms with Gasteiger partial charge in [-0.3, -0.25) is 4.79 Å². The number of urea groups is 1. The van der Waals surface area contributed by atoms with E-state index in [4.69, 9.17) is 27.9 Å². The molecular weight excluding hydrogens is 384 g/mol. The summed E-state index contributed by atoms with van der Waals surface area (Å²) in [4.78, 5) is 27.6. The Bertz CT molecular complexity index is 700. The number of ether oxygens (including phenoxy) is 1. The van der Waals surface area contributed by atoms with Crippen molar-refractivity contribution in [3.05, 3.63) is 23.0 Å². The summed E-state index contributed by atoms with van der Waals surface area (Å²) in [6, 6.07) is 1.11. The van der Waals surface area contributed by atoms with Crippen LogP contribution >= 0.6 is 23.2 Å². The molecule has 0 saturated carbocycles. The highest BCUT2D eigenvalue weighted by atomic mass is 35.5. The third kappa shape index (κ3) is 4.71. The Morgan fingerprint density at radius 2 is 2.04 bits per heavy atom. The average Bonchev–Trinajstić information content (AvgIpc) is 2.92. The Balaban J connectivity index is 2.22. The SMILES string of the molecule is CC(C)Oc1cc(NC(=O)N2C[C@@H](Cl)C[C@@H]2C(=O)N(C)C)c(F)cc1Cl. The van der Waals surface area contributed by atoms with Crippen LogP contribution in [0.1, 0.15) is 20.3 Å². The number of amides is 3. The number of hydrogen-bond donors (Lipinski definition) is 1. The lowest BCUT2D eigenvalue weighted by atomic mass is 10.2. The van der Waals surface area contributed by atoms with Gasteiger partial charge >= 0.3 is 6.03 Å². The second-order valence-corrected chi connectivity index (χ2v) is 7.62. The molecule has 0 bridgehead atoms. The molecule has 0 radical (unpaired) electrons. The molecule has 1 saturated heterocycles. The normalized spacial score (nSPS) is 19.6. The van der Waals surface area contributed by atoms with E-state index in [1.807, 2.05) is 0 Å². The molecule has 26 heavy (non-hydrogen) atoms. The van der Waals surface area contributed by atoms with Gasteiger partial charge in [0.15, 0.2) is 0 Å². The van der Waals surface area contributed by atoms with Gasteiger partial charge in [-0.05, 0) is 26.3 Å². The average molecular weight is 406 g/mol. The quantitative estimate of drug-likeness (QED) is 0.778. The molecule has 3 amide bonds. The zero-order valence-electron chi connectivity index (χ0n) is 15.1. The van der Waals surface area contributed by atoms with Gasteiger partial charge in [-0.2, -0.15) is 0 Å². The van der Waals surface area contributed by atoms with Crippen molar-refractivity contribution < 1.29 is 18.7 Å². The van der Waals surface area contributed by atoms with Gasteiger partial charge in [-0.15, -0.1) is 11.6 Å². The molecule has 1 aromatic rings. The maximum absolute atomic E-state index is 14.2. The smallest absolute Gasteiger partial charge is 0.322 e. The van der Waals surface area contributed by atoms with Crippen LogP contribution in [0.2, 0.25) is 5.02 Å². The van der Waals surface area contributed by atoms with E-state index in [1.165, 1.54) is 15.9 Å². The Labute approximate surface area is 162 Å². The lowest BCUT2D eigenvalue weighted by Crippen LogP contribution is -2.47. The Morgan fingerprint density at radius 1 is 1.38 bits per heavy atom. The molecule has 6 nitrogen and oxygen atoms in total. The molecule has 2 atom stereocenters. The molecule has 2 rings (SSSR count). The Hall–Kier alpha value is -1.73. The Kier molecular flexibility index (Phi) is 6.58. The lowest BCUT2D eigenvalue weighted by molar-refractivity contribution is -0.132. The number of alkyl halides is 1. The first-order valence-electron chi connectivity index (χ1n) is 8.18. The third-order valence-electron chi connectivity index (χ3n) is 3.86. The number of hydrogen-bond acceptors (Lipinski definition) is 3. The first-order valence-corrected chi connectivity index (χ1v) is 9.00. The summed E-state index contributed by atoms with van der Waals surface area (Å²) in [5.41, 5.74) is -0.0795. The third-order valence-corrected chi connectivity index (χ3v) is 4.47. The highest BCUT2D eigenvalue weighted by Gasteiger charge is 2.39. The van der Waals surface area contributed by atoms with Crippen molar-refractivity contribution in [2.24, 2.45) is 0 Å². The van der Waals surface area contributed by atoms with E-state index in [2.05, 4.69) is 5.32 Å². The number of carbonyl (C=O) groups is 2. The van der Waals surface area contributed by atoms with Crippen molar-refractivity contribution >= 4 is 40.8 Å². The zero-order chi connectivity index (χ0) is 19.6. The fraction of sp³-hybridized carbons (Fsp3) is 0.529. The van der Waals surface area contributed by atoms with Crippen LogP contribution in [0.3, 0.4) is 0 Å². The molecule has 144 valence electrons. The molecular formula is C17H22Cl2FN3O3. The number of nitrogens with one attached hydrogen (secondary N) is 1. The zero-order valence-corrected chi connectivity index (χ0v) is 16.6. The predicted octanol–water partition coefficient (Wildman–Crippen LogP) is 3.57. The molecule has 1 aliphatic rings. The highest BCUT2D eigenvalue weighted by Crippen LogP contribution is 2.32. The van der Waals surface area contributed by atoms with E-state index >= 15 is 0 Å². The Morgan fingerprint density at radius 3 is 2.62 bits per heavy atom. The minimum Gasteiger partial charge on any atom is -0.489 e. The molecule has 1 aromatic carbocycles. The molecule has 1 N–H and O–H groups in total. The minimum atomic E-state index is -0.698. The second-order valence-electron chi connectivity index (χ2n) is 6.59. The number of carbonyl (C=O) groups excluding carboxylic acids is 2. The summed E-state index contributed by atoms with van der Waals surface area (Å²) in [5, 5.41) is 2.25. The van der Waals surface area contributed by atoms with Crippen LogP contribution in [0.15, 0.2) is 12.1 Å². The largest absolute Gasteiger partial charge is 0.489 e. The first kappa shape index (κ1) is 20.6. The molecule has 0 aromatic heterocycles. The van der Waals surface area contributed by atoms with Crippen LogP contribution in [0.5, 0.6) is 5.75 Å². The van der Waals surface area contributed by atoms with Crippen LogP contribution < -0.4 is 10.1 Å². The first-order chi connectivity index (χ1) is 12.1. The van der Waals surface area contributed by atoms with Crippen molar-refractivity contribution in [2.45, 2.75) is 37.8 Å². The molecule has 9 heteroatoms. The monoisotopic (exact) mass is 405 g/mol. The van der Waals surface area contributed by atoms with Gasteiger partial charge in [0, 0.05) is 26.7 Å². The topological polar surface area (TPSA) is 61.9 Å². The van der Waals surface area contributed by atoms with Crippen molar-refractivity contribution in [3.63, 3.8) is 0 Å². The van der Waals surface area contributed by atoms with E-state index in [1.54, 1.807) is 27.9 Å². The van der Waals surface area contributed by atoms with Crippen molar-refractivity contribution in [3.8, 4) is 5.75 Å². The minimum absolute atomic E-state index is 0.0795. The second kappa shape index (κ2) is 8.31. The molecule has 1 fully saturated rings. The maximum atomic E-state index is 14.2. The van der Waals surface area contributed by atoms with Gasteiger partial charge in [0.05, 0.1) is 22.2 Å². The maximum Gasteiger partial charge on any atom is 0.322 e. The number of rotatable bonds is 4. The fourth-order valence-electron chi connectivity index (χ4n) is 2.70. The van der Waals surface area contributed by atoms with Gasteiger partial charge in [-0.1, -0.05) is 11.6 Å².